The third-order valence-electron chi connectivity index (χ3n) is 2.93. The van der Waals surface area contributed by atoms with Crippen LogP contribution in [-0.4, -0.2) is 11.9 Å². The van der Waals surface area contributed by atoms with Gasteiger partial charge in [-0.2, -0.15) is 0 Å². The first kappa shape index (κ1) is 11.8. The van der Waals surface area contributed by atoms with E-state index in [1.54, 1.807) is 12.1 Å². The Morgan fingerprint density at radius 1 is 1.41 bits per heavy atom. The van der Waals surface area contributed by atoms with Crippen LogP contribution in [0.4, 0.5) is 4.39 Å². The van der Waals surface area contributed by atoms with E-state index in [1.807, 2.05) is 0 Å². The molecule has 1 aliphatic carbocycles. The fourth-order valence-corrected chi connectivity index (χ4v) is 1.88. The summed E-state index contributed by atoms with van der Waals surface area (Å²) >= 11 is 0. The van der Waals surface area contributed by atoms with E-state index in [-0.39, 0.29) is 11.4 Å². The van der Waals surface area contributed by atoms with Crippen molar-refractivity contribution in [2.45, 2.75) is 25.4 Å². The summed E-state index contributed by atoms with van der Waals surface area (Å²) in [6.45, 7) is 0.469. The molecule has 0 unspecified atom stereocenters. The molecule has 1 aromatic carbocycles. The van der Waals surface area contributed by atoms with Crippen molar-refractivity contribution in [3.8, 4) is 0 Å². The average molecular weight is 234 g/mol. The maximum absolute atomic E-state index is 13.6. The highest BCUT2D eigenvalue weighted by molar-refractivity contribution is 5.92. The number of amides is 1. The molecule has 0 radical (unpaired) electrons. The standard InChI is InChI=1S/C13H15FN2O/c14-12-7-9(13(15)17)5-6-10(12)8-16-11-3-1-2-4-11/h1-2,5-7,11,16H,3-4,8H2,(H2,15,17). The van der Waals surface area contributed by atoms with Crippen molar-refractivity contribution in [1.29, 1.82) is 0 Å². The van der Waals surface area contributed by atoms with Crippen molar-refractivity contribution in [3.63, 3.8) is 0 Å². The Kier molecular flexibility index (Phi) is 3.54. The molecule has 0 atom stereocenters. The quantitative estimate of drug-likeness (QED) is 0.779. The summed E-state index contributed by atoms with van der Waals surface area (Å²) in [6.07, 6.45) is 6.20. The zero-order valence-electron chi connectivity index (χ0n) is 9.45. The maximum Gasteiger partial charge on any atom is 0.248 e. The van der Waals surface area contributed by atoms with Crippen molar-refractivity contribution in [2.24, 2.45) is 5.73 Å². The number of carbonyl (C=O) groups excluding carboxylic acids is 1. The third-order valence-corrected chi connectivity index (χ3v) is 2.93. The van der Waals surface area contributed by atoms with E-state index in [0.29, 0.717) is 18.2 Å². The molecule has 17 heavy (non-hydrogen) atoms. The van der Waals surface area contributed by atoms with Gasteiger partial charge in [0.1, 0.15) is 5.82 Å². The number of halogens is 1. The third kappa shape index (κ3) is 2.91. The lowest BCUT2D eigenvalue weighted by atomic mass is 10.1. The molecule has 2 rings (SSSR count). The van der Waals surface area contributed by atoms with E-state index in [9.17, 15) is 9.18 Å². The van der Waals surface area contributed by atoms with Gasteiger partial charge in [-0.05, 0) is 25.0 Å². The second kappa shape index (κ2) is 5.10. The number of hydrogen-bond acceptors (Lipinski definition) is 2. The van der Waals surface area contributed by atoms with Crippen LogP contribution in [0.2, 0.25) is 0 Å². The van der Waals surface area contributed by atoms with E-state index in [0.717, 1.165) is 12.8 Å². The number of carbonyl (C=O) groups is 1. The maximum atomic E-state index is 13.6. The molecular formula is C13H15FN2O. The monoisotopic (exact) mass is 234 g/mol. The molecule has 0 heterocycles. The summed E-state index contributed by atoms with van der Waals surface area (Å²) in [4.78, 5) is 10.9. The van der Waals surface area contributed by atoms with Crippen molar-refractivity contribution in [1.82, 2.24) is 5.32 Å². The summed E-state index contributed by atoms with van der Waals surface area (Å²) in [5.74, 6) is -0.997. The van der Waals surface area contributed by atoms with E-state index in [2.05, 4.69) is 17.5 Å². The molecular weight excluding hydrogens is 219 g/mol. The van der Waals surface area contributed by atoms with Gasteiger partial charge in [-0.25, -0.2) is 4.39 Å². The first-order valence-electron chi connectivity index (χ1n) is 5.63. The summed E-state index contributed by atoms with van der Waals surface area (Å²) < 4.78 is 13.6. The molecule has 3 nitrogen and oxygen atoms in total. The predicted octanol–water partition coefficient (Wildman–Crippen LogP) is 1.73. The Hall–Kier alpha value is -1.68. The van der Waals surface area contributed by atoms with Gasteiger partial charge < -0.3 is 11.1 Å². The summed E-state index contributed by atoms with van der Waals surface area (Å²) in [7, 11) is 0. The molecule has 0 saturated carbocycles. The lowest BCUT2D eigenvalue weighted by Crippen LogP contribution is -2.26. The van der Waals surface area contributed by atoms with Crippen LogP contribution in [0.5, 0.6) is 0 Å². The van der Waals surface area contributed by atoms with Crippen molar-refractivity contribution in [3.05, 3.63) is 47.3 Å². The number of primary amides is 1. The molecule has 0 bridgehead atoms. The molecule has 0 aliphatic heterocycles. The molecule has 90 valence electrons. The summed E-state index contributed by atoms with van der Waals surface area (Å²) in [5, 5.41) is 3.27. The number of nitrogens with two attached hydrogens (primary N) is 1. The fraction of sp³-hybridized carbons (Fsp3) is 0.308. The van der Waals surface area contributed by atoms with E-state index in [4.69, 9.17) is 5.73 Å². The Morgan fingerprint density at radius 3 is 2.71 bits per heavy atom. The Bertz CT molecular complexity index is 449. The van der Waals surface area contributed by atoms with Gasteiger partial charge >= 0.3 is 0 Å². The average Bonchev–Trinajstić information content (AvgIpc) is 2.80. The predicted molar refractivity (Wildman–Crippen MR) is 63.9 cm³/mol. The second-order valence-electron chi connectivity index (χ2n) is 4.19. The first-order chi connectivity index (χ1) is 8.16. The molecule has 0 spiro atoms. The Morgan fingerprint density at radius 2 is 2.12 bits per heavy atom. The van der Waals surface area contributed by atoms with Gasteiger partial charge in [0, 0.05) is 23.7 Å². The van der Waals surface area contributed by atoms with Crippen molar-refractivity contribution >= 4 is 5.91 Å². The van der Waals surface area contributed by atoms with Crippen LogP contribution in [0.15, 0.2) is 30.4 Å². The van der Waals surface area contributed by atoms with Crippen molar-refractivity contribution in [2.75, 3.05) is 0 Å². The smallest absolute Gasteiger partial charge is 0.248 e. The molecule has 0 fully saturated rings. The van der Waals surface area contributed by atoms with Gasteiger partial charge in [-0.1, -0.05) is 18.2 Å². The van der Waals surface area contributed by atoms with Gasteiger partial charge in [0.05, 0.1) is 0 Å². The Labute approximate surface area is 99.5 Å². The van der Waals surface area contributed by atoms with E-state index < -0.39 is 5.91 Å². The number of benzene rings is 1. The zero-order chi connectivity index (χ0) is 12.3. The SMILES string of the molecule is NC(=O)c1ccc(CNC2CC=CC2)c(F)c1. The number of rotatable bonds is 4. The molecule has 1 aliphatic rings. The lowest BCUT2D eigenvalue weighted by Gasteiger charge is -2.12. The highest BCUT2D eigenvalue weighted by Crippen LogP contribution is 2.13. The topological polar surface area (TPSA) is 55.1 Å². The van der Waals surface area contributed by atoms with Crippen LogP contribution in [0.25, 0.3) is 0 Å². The second-order valence-corrected chi connectivity index (χ2v) is 4.19. The van der Waals surface area contributed by atoms with Crippen LogP contribution in [0, 0.1) is 5.82 Å². The first-order valence-corrected chi connectivity index (χ1v) is 5.63. The molecule has 4 heteroatoms. The molecule has 1 amide bonds. The minimum absolute atomic E-state index is 0.203. The van der Waals surface area contributed by atoms with E-state index >= 15 is 0 Å². The highest BCUT2D eigenvalue weighted by Gasteiger charge is 2.11. The fourth-order valence-electron chi connectivity index (χ4n) is 1.88. The van der Waals surface area contributed by atoms with Crippen LogP contribution >= 0.6 is 0 Å². The van der Waals surface area contributed by atoms with Crippen LogP contribution in [0.3, 0.4) is 0 Å². The van der Waals surface area contributed by atoms with Gasteiger partial charge in [0.15, 0.2) is 0 Å². The molecule has 3 N–H and O–H groups in total. The van der Waals surface area contributed by atoms with Crippen LogP contribution in [0.1, 0.15) is 28.8 Å². The van der Waals surface area contributed by atoms with Gasteiger partial charge in [0.2, 0.25) is 5.91 Å². The number of hydrogen-bond donors (Lipinski definition) is 2. The van der Waals surface area contributed by atoms with Crippen molar-refractivity contribution < 1.29 is 9.18 Å². The minimum atomic E-state index is -0.608. The molecule has 0 aromatic heterocycles. The van der Waals surface area contributed by atoms with Crippen LogP contribution < -0.4 is 11.1 Å². The van der Waals surface area contributed by atoms with E-state index in [1.165, 1.54) is 6.07 Å². The zero-order valence-corrected chi connectivity index (χ0v) is 9.45. The molecule has 0 saturated heterocycles. The summed E-state index contributed by atoms with van der Waals surface area (Å²) in [6, 6.07) is 4.73. The normalized spacial score (nSPS) is 15.4. The minimum Gasteiger partial charge on any atom is -0.366 e. The van der Waals surface area contributed by atoms with Gasteiger partial charge in [-0.15, -0.1) is 0 Å². The van der Waals surface area contributed by atoms with Gasteiger partial charge in [-0.3, -0.25) is 4.79 Å². The summed E-state index contributed by atoms with van der Waals surface area (Å²) in [5.41, 5.74) is 5.84. The largest absolute Gasteiger partial charge is 0.366 e. The molecule has 1 aromatic rings. The number of nitrogens with one attached hydrogen (secondary N) is 1. The Balaban J connectivity index is 1.98. The van der Waals surface area contributed by atoms with Gasteiger partial charge in [0.25, 0.3) is 0 Å². The highest BCUT2D eigenvalue weighted by atomic mass is 19.1. The van der Waals surface area contributed by atoms with Crippen LogP contribution in [-0.2, 0) is 6.54 Å². The lowest BCUT2D eigenvalue weighted by molar-refractivity contribution is 0.1000.